The van der Waals surface area contributed by atoms with E-state index in [2.05, 4.69) is 15.1 Å². The number of ether oxygens (including phenoxy) is 1. The average Bonchev–Trinajstić information content (AvgIpc) is 2.88. The molecule has 2 unspecified atom stereocenters. The standard InChI is InChI=1S/C13H27N3O2/c1-14-12(3-7-17)10-15-4-2-13(11-15)16-5-8-18-9-6-16/h12-14,17H,2-11H2,1H3. The Morgan fingerprint density at radius 2 is 2.11 bits per heavy atom. The molecule has 18 heavy (non-hydrogen) atoms. The summed E-state index contributed by atoms with van der Waals surface area (Å²) in [6.07, 6.45) is 2.12. The molecule has 0 aromatic rings. The highest BCUT2D eigenvalue weighted by Crippen LogP contribution is 2.17. The van der Waals surface area contributed by atoms with Crippen molar-refractivity contribution in [3.8, 4) is 0 Å². The molecule has 2 saturated heterocycles. The SMILES string of the molecule is CNC(CCO)CN1CCC(N2CCOCC2)C1. The lowest BCUT2D eigenvalue weighted by Crippen LogP contribution is -2.46. The van der Waals surface area contributed by atoms with Gasteiger partial charge in [0.1, 0.15) is 0 Å². The Labute approximate surface area is 110 Å². The van der Waals surface area contributed by atoms with Gasteiger partial charge in [-0.2, -0.15) is 0 Å². The lowest BCUT2D eigenvalue weighted by molar-refractivity contribution is 0.0183. The van der Waals surface area contributed by atoms with Gasteiger partial charge in [0.05, 0.1) is 13.2 Å². The number of aliphatic hydroxyl groups excluding tert-OH is 1. The third-order valence-corrected chi connectivity index (χ3v) is 4.17. The lowest BCUT2D eigenvalue weighted by atomic mass is 10.2. The summed E-state index contributed by atoms with van der Waals surface area (Å²) in [7, 11) is 1.98. The first kappa shape index (κ1) is 14.2. The molecule has 0 bridgehead atoms. The number of rotatable bonds is 6. The minimum Gasteiger partial charge on any atom is -0.396 e. The molecule has 106 valence electrons. The number of likely N-dealkylation sites (N-methyl/N-ethyl adjacent to an activating group) is 1. The summed E-state index contributed by atoms with van der Waals surface area (Å²) >= 11 is 0. The third kappa shape index (κ3) is 3.90. The highest BCUT2D eigenvalue weighted by Gasteiger charge is 2.29. The van der Waals surface area contributed by atoms with Crippen LogP contribution >= 0.6 is 0 Å². The fraction of sp³-hybridized carbons (Fsp3) is 1.00. The van der Waals surface area contributed by atoms with Crippen LogP contribution in [0.25, 0.3) is 0 Å². The van der Waals surface area contributed by atoms with Crippen molar-refractivity contribution in [2.24, 2.45) is 0 Å². The number of likely N-dealkylation sites (tertiary alicyclic amines) is 1. The summed E-state index contributed by atoms with van der Waals surface area (Å²) in [6, 6.07) is 1.12. The second kappa shape index (κ2) is 7.40. The summed E-state index contributed by atoms with van der Waals surface area (Å²) in [5, 5.41) is 12.3. The average molecular weight is 257 g/mol. The Balaban J connectivity index is 1.73. The largest absolute Gasteiger partial charge is 0.396 e. The van der Waals surface area contributed by atoms with Crippen LogP contribution in [0, 0.1) is 0 Å². The van der Waals surface area contributed by atoms with Crippen molar-refractivity contribution in [3.05, 3.63) is 0 Å². The van der Waals surface area contributed by atoms with Gasteiger partial charge in [-0.05, 0) is 26.4 Å². The first-order chi connectivity index (χ1) is 8.83. The van der Waals surface area contributed by atoms with E-state index in [0.29, 0.717) is 12.1 Å². The maximum atomic E-state index is 9.02. The van der Waals surface area contributed by atoms with Crippen molar-refractivity contribution < 1.29 is 9.84 Å². The molecule has 0 aromatic carbocycles. The summed E-state index contributed by atoms with van der Waals surface area (Å²) < 4.78 is 5.41. The predicted molar refractivity (Wildman–Crippen MR) is 71.8 cm³/mol. The topological polar surface area (TPSA) is 48.0 Å². The zero-order valence-corrected chi connectivity index (χ0v) is 11.5. The molecule has 2 aliphatic rings. The van der Waals surface area contributed by atoms with Crippen LogP contribution in [-0.4, -0.2) is 86.6 Å². The van der Waals surface area contributed by atoms with Gasteiger partial charge in [0.15, 0.2) is 0 Å². The number of nitrogens with zero attached hydrogens (tertiary/aromatic N) is 2. The fourth-order valence-corrected chi connectivity index (χ4v) is 3.01. The van der Waals surface area contributed by atoms with E-state index in [4.69, 9.17) is 9.84 Å². The van der Waals surface area contributed by atoms with Crippen molar-refractivity contribution in [1.82, 2.24) is 15.1 Å². The van der Waals surface area contributed by atoms with Crippen LogP contribution in [0.1, 0.15) is 12.8 Å². The summed E-state index contributed by atoms with van der Waals surface area (Å²) in [4.78, 5) is 5.10. The molecule has 5 heteroatoms. The van der Waals surface area contributed by atoms with Gasteiger partial charge in [0, 0.05) is 44.9 Å². The molecule has 0 aliphatic carbocycles. The second-order valence-electron chi connectivity index (χ2n) is 5.35. The molecule has 2 N–H and O–H groups in total. The maximum absolute atomic E-state index is 9.02. The predicted octanol–water partition coefficient (Wildman–Crippen LogP) is -0.637. The number of morpholine rings is 1. The van der Waals surface area contributed by atoms with Crippen LogP contribution in [-0.2, 0) is 4.74 Å². The van der Waals surface area contributed by atoms with E-state index in [9.17, 15) is 0 Å². The van der Waals surface area contributed by atoms with Gasteiger partial charge in [-0.3, -0.25) is 4.90 Å². The van der Waals surface area contributed by atoms with Crippen molar-refractivity contribution >= 4 is 0 Å². The molecular formula is C13H27N3O2. The van der Waals surface area contributed by atoms with Crippen molar-refractivity contribution in [2.45, 2.75) is 24.9 Å². The number of nitrogens with one attached hydrogen (secondary N) is 1. The fourth-order valence-electron chi connectivity index (χ4n) is 3.01. The highest BCUT2D eigenvalue weighted by molar-refractivity contribution is 4.86. The van der Waals surface area contributed by atoms with Crippen LogP contribution in [0.5, 0.6) is 0 Å². The van der Waals surface area contributed by atoms with Crippen LogP contribution in [0.15, 0.2) is 0 Å². The van der Waals surface area contributed by atoms with E-state index in [1.807, 2.05) is 7.05 Å². The van der Waals surface area contributed by atoms with Gasteiger partial charge in [-0.25, -0.2) is 0 Å². The molecule has 0 aromatic heterocycles. The zero-order valence-electron chi connectivity index (χ0n) is 11.5. The summed E-state index contributed by atoms with van der Waals surface area (Å²) in [6.45, 7) is 7.63. The van der Waals surface area contributed by atoms with Crippen molar-refractivity contribution in [1.29, 1.82) is 0 Å². The molecule has 2 aliphatic heterocycles. The molecule has 2 heterocycles. The van der Waals surface area contributed by atoms with Gasteiger partial charge in [-0.1, -0.05) is 0 Å². The van der Waals surface area contributed by atoms with Crippen LogP contribution < -0.4 is 5.32 Å². The third-order valence-electron chi connectivity index (χ3n) is 4.17. The van der Waals surface area contributed by atoms with E-state index < -0.39 is 0 Å². The smallest absolute Gasteiger partial charge is 0.0594 e. The number of hydrogen-bond donors (Lipinski definition) is 2. The summed E-state index contributed by atoms with van der Waals surface area (Å²) in [5.41, 5.74) is 0. The molecule has 0 radical (unpaired) electrons. The molecule has 5 nitrogen and oxygen atoms in total. The number of hydrogen-bond acceptors (Lipinski definition) is 5. The highest BCUT2D eigenvalue weighted by atomic mass is 16.5. The molecule has 2 atom stereocenters. The zero-order chi connectivity index (χ0) is 12.8. The number of aliphatic hydroxyl groups is 1. The van der Waals surface area contributed by atoms with Gasteiger partial charge < -0.3 is 20.1 Å². The van der Waals surface area contributed by atoms with Crippen molar-refractivity contribution in [2.75, 3.05) is 59.6 Å². The Morgan fingerprint density at radius 3 is 2.78 bits per heavy atom. The quantitative estimate of drug-likeness (QED) is 0.663. The van der Waals surface area contributed by atoms with Gasteiger partial charge >= 0.3 is 0 Å². The Morgan fingerprint density at radius 1 is 1.33 bits per heavy atom. The van der Waals surface area contributed by atoms with E-state index in [1.165, 1.54) is 19.5 Å². The van der Waals surface area contributed by atoms with Crippen molar-refractivity contribution in [3.63, 3.8) is 0 Å². The monoisotopic (exact) mass is 257 g/mol. The maximum Gasteiger partial charge on any atom is 0.0594 e. The Kier molecular flexibility index (Phi) is 5.85. The summed E-state index contributed by atoms with van der Waals surface area (Å²) in [5.74, 6) is 0. The molecule has 0 amide bonds. The van der Waals surface area contributed by atoms with E-state index >= 15 is 0 Å². The lowest BCUT2D eigenvalue weighted by Gasteiger charge is -2.32. The second-order valence-corrected chi connectivity index (χ2v) is 5.35. The van der Waals surface area contributed by atoms with Crippen LogP contribution in [0.3, 0.4) is 0 Å². The first-order valence-electron chi connectivity index (χ1n) is 7.15. The molecular weight excluding hydrogens is 230 g/mol. The molecule has 0 saturated carbocycles. The Bertz CT molecular complexity index is 234. The van der Waals surface area contributed by atoms with E-state index in [-0.39, 0.29) is 6.61 Å². The first-order valence-corrected chi connectivity index (χ1v) is 7.15. The molecule has 2 rings (SSSR count). The van der Waals surface area contributed by atoms with Crippen LogP contribution in [0.4, 0.5) is 0 Å². The minimum atomic E-state index is 0.270. The normalized spacial score (nSPS) is 28.7. The van der Waals surface area contributed by atoms with Gasteiger partial charge in [-0.15, -0.1) is 0 Å². The van der Waals surface area contributed by atoms with E-state index in [0.717, 1.165) is 39.3 Å². The van der Waals surface area contributed by atoms with Gasteiger partial charge in [0.25, 0.3) is 0 Å². The Hall–Kier alpha value is -0.200. The molecule has 2 fully saturated rings. The minimum absolute atomic E-state index is 0.270. The van der Waals surface area contributed by atoms with E-state index in [1.54, 1.807) is 0 Å². The molecule has 0 spiro atoms. The van der Waals surface area contributed by atoms with Gasteiger partial charge in [0.2, 0.25) is 0 Å². The van der Waals surface area contributed by atoms with Crippen LogP contribution in [0.2, 0.25) is 0 Å².